The highest BCUT2D eigenvalue weighted by molar-refractivity contribution is 5.79. The van der Waals surface area contributed by atoms with Gasteiger partial charge in [0.05, 0.1) is 25.4 Å². The highest BCUT2D eigenvalue weighted by atomic mass is 16.5. The second-order valence-electron chi connectivity index (χ2n) is 7.95. The topological polar surface area (TPSA) is 72.4 Å². The molecule has 0 bridgehead atoms. The van der Waals surface area contributed by atoms with Gasteiger partial charge in [-0.25, -0.2) is 0 Å². The first-order valence-corrected chi connectivity index (χ1v) is 11.6. The second kappa shape index (κ2) is 14.6. The van der Waals surface area contributed by atoms with Gasteiger partial charge in [-0.3, -0.25) is 9.79 Å². The Bertz CT molecular complexity index is 473. The van der Waals surface area contributed by atoms with Gasteiger partial charge in [0.1, 0.15) is 0 Å². The molecule has 1 atom stereocenters. The Kier molecular flexibility index (Phi) is 12.1. The Labute approximate surface area is 176 Å². The molecule has 7 heteroatoms. The summed E-state index contributed by atoms with van der Waals surface area (Å²) in [5.74, 6) is 0.912. The van der Waals surface area contributed by atoms with Gasteiger partial charge in [-0.15, -0.1) is 0 Å². The van der Waals surface area contributed by atoms with Crippen LogP contribution in [0.1, 0.15) is 71.1 Å². The van der Waals surface area contributed by atoms with Crippen LogP contribution in [0.4, 0.5) is 0 Å². The summed E-state index contributed by atoms with van der Waals surface area (Å²) in [6.07, 6.45) is 11.0. The largest absolute Gasteiger partial charge is 0.466 e. The summed E-state index contributed by atoms with van der Waals surface area (Å²) in [5, 5.41) is 3.48. The van der Waals surface area contributed by atoms with E-state index in [-0.39, 0.29) is 5.97 Å². The van der Waals surface area contributed by atoms with E-state index in [0.29, 0.717) is 25.2 Å². The quantitative estimate of drug-likeness (QED) is 0.244. The molecule has 0 spiro atoms. The van der Waals surface area contributed by atoms with Crippen LogP contribution in [-0.2, 0) is 19.0 Å². The molecule has 2 heterocycles. The normalized spacial score (nSPS) is 21.2. The number of aliphatic imine (C=N–C) groups is 1. The molecule has 2 aliphatic heterocycles. The van der Waals surface area contributed by atoms with Gasteiger partial charge in [0.15, 0.2) is 5.96 Å². The fraction of sp³-hybridized carbons (Fsp3) is 0.909. The average Bonchev–Trinajstić information content (AvgIpc) is 2.76. The maximum Gasteiger partial charge on any atom is 0.305 e. The molecule has 2 saturated heterocycles. The number of esters is 1. The van der Waals surface area contributed by atoms with Crippen molar-refractivity contribution in [2.45, 2.75) is 83.3 Å². The third-order valence-electron chi connectivity index (χ3n) is 5.64. The van der Waals surface area contributed by atoms with E-state index in [4.69, 9.17) is 14.2 Å². The molecular formula is C22H41N3O4. The summed E-state index contributed by atoms with van der Waals surface area (Å²) in [6, 6.07) is 0. The minimum absolute atomic E-state index is 0.0790. The summed E-state index contributed by atoms with van der Waals surface area (Å²) >= 11 is 0. The van der Waals surface area contributed by atoms with Gasteiger partial charge in [-0.05, 0) is 51.9 Å². The zero-order chi connectivity index (χ0) is 20.7. The zero-order valence-corrected chi connectivity index (χ0v) is 18.5. The van der Waals surface area contributed by atoms with E-state index in [1.807, 2.05) is 14.0 Å². The lowest BCUT2D eigenvalue weighted by molar-refractivity contribution is -0.143. The van der Waals surface area contributed by atoms with Crippen molar-refractivity contribution in [3.8, 4) is 0 Å². The van der Waals surface area contributed by atoms with Gasteiger partial charge < -0.3 is 24.4 Å². The maximum atomic E-state index is 11.3. The molecule has 0 radical (unpaired) electrons. The van der Waals surface area contributed by atoms with Gasteiger partial charge >= 0.3 is 5.97 Å². The number of unbranched alkanes of at least 4 members (excludes halogenated alkanes) is 3. The molecule has 168 valence electrons. The Hall–Kier alpha value is -1.34. The van der Waals surface area contributed by atoms with E-state index in [1.165, 1.54) is 12.8 Å². The molecule has 0 aromatic carbocycles. The number of nitrogens with zero attached hydrogens (tertiary/aromatic N) is 2. The number of guanidine groups is 1. The molecule has 0 aromatic rings. The summed E-state index contributed by atoms with van der Waals surface area (Å²) in [7, 11) is 1.85. The predicted molar refractivity (Wildman–Crippen MR) is 115 cm³/mol. The van der Waals surface area contributed by atoms with Crippen LogP contribution in [0.25, 0.3) is 0 Å². The van der Waals surface area contributed by atoms with Crippen molar-refractivity contribution in [1.82, 2.24) is 10.2 Å². The Morgan fingerprint density at radius 3 is 2.62 bits per heavy atom. The van der Waals surface area contributed by atoms with Crippen molar-refractivity contribution in [3.63, 3.8) is 0 Å². The SMILES string of the molecule is CCOC(=O)CCCCCCNC(=NC)N1CCC(OCC2CCCCO2)CC1. The maximum absolute atomic E-state index is 11.3. The fourth-order valence-corrected chi connectivity index (χ4v) is 3.93. The lowest BCUT2D eigenvalue weighted by Gasteiger charge is -2.35. The van der Waals surface area contributed by atoms with E-state index in [0.717, 1.165) is 83.8 Å². The molecule has 2 fully saturated rings. The van der Waals surface area contributed by atoms with Crippen LogP contribution in [0.3, 0.4) is 0 Å². The van der Waals surface area contributed by atoms with Gasteiger partial charge in [0, 0.05) is 39.7 Å². The monoisotopic (exact) mass is 411 g/mol. The number of hydrogen-bond donors (Lipinski definition) is 1. The van der Waals surface area contributed by atoms with E-state index >= 15 is 0 Å². The minimum atomic E-state index is -0.0790. The van der Waals surface area contributed by atoms with E-state index in [9.17, 15) is 4.79 Å². The molecule has 1 N–H and O–H groups in total. The Balaban J connectivity index is 1.51. The second-order valence-corrected chi connectivity index (χ2v) is 7.95. The van der Waals surface area contributed by atoms with Gasteiger partial charge in [-0.2, -0.15) is 0 Å². The molecule has 0 saturated carbocycles. The van der Waals surface area contributed by atoms with Gasteiger partial charge in [0.25, 0.3) is 0 Å². The highest BCUT2D eigenvalue weighted by Gasteiger charge is 2.23. The Morgan fingerprint density at radius 2 is 1.93 bits per heavy atom. The van der Waals surface area contributed by atoms with Gasteiger partial charge in [0.2, 0.25) is 0 Å². The third kappa shape index (κ3) is 9.81. The molecule has 0 amide bonds. The van der Waals surface area contributed by atoms with Crippen molar-refractivity contribution in [3.05, 3.63) is 0 Å². The third-order valence-corrected chi connectivity index (χ3v) is 5.64. The number of nitrogens with one attached hydrogen (secondary N) is 1. The molecule has 29 heavy (non-hydrogen) atoms. The number of carbonyl (C=O) groups is 1. The molecule has 1 unspecified atom stereocenters. The van der Waals surface area contributed by atoms with E-state index < -0.39 is 0 Å². The van der Waals surface area contributed by atoms with E-state index in [2.05, 4.69) is 15.2 Å². The average molecular weight is 412 g/mol. The molecule has 7 nitrogen and oxygen atoms in total. The van der Waals surface area contributed by atoms with Crippen LogP contribution in [0.15, 0.2) is 4.99 Å². The van der Waals surface area contributed by atoms with Gasteiger partial charge in [-0.1, -0.05) is 12.8 Å². The molecular weight excluding hydrogens is 370 g/mol. The summed E-state index contributed by atoms with van der Waals surface area (Å²) in [6.45, 7) is 6.83. The van der Waals surface area contributed by atoms with Crippen LogP contribution < -0.4 is 5.32 Å². The van der Waals surface area contributed by atoms with E-state index in [1.54, 1.807) is 0 Å². The van der Waals surface area contributed by atoms with Crippen LogP contribution in [0.5, 0.6) is 0 Å². The van der Waals surface area contributed by atoms with Crippen molar-refractivity contribution < 1.29 is 19.0 Å². The van der Waals surface area contributed by atoms with Crippen molar-refractivity contribution in [2.75, 3.05) is 46.5 Å². The van der Waals surface area contributed by atoms with Crippen LogP contribution in [0, 0.1) is 0 Å². The number of carbonyl (C=O) groups excluding carboxylic acids is 1. The lowest BCUT2D eigenvalue weighted by Crippen LogP contribution is -2.47. The standard InChI is InChI=1S/C22H41N3O4/c1-3-27-21(26)11-6-4-5-8-14-24-22(23-2)25-15-12-19(13-16-25)29-18-20-10-7-9-17-28-20/h19-20H,3-18H2,1-2H3,(H,23,24). The van der Waals surface area contributed by atoms with Crippen molar-refractivity contribution >= 4 is 11.9 Å². The van der Waals surface area contributed by atoms with Crippen molar-refractivity contribution in [2.24, 2.45) is 4.99 Å². The first-order chi connectivity index (χ1) is 14.2. The Morgan fingerprint density at radius 1 is 1.14 bits per heavy atom. The first kappa shape index (κ1) is 23.9. The summed E-state index contributed by atoms with van der Waals surface area (Å²) < 4.78 is 16.8. The number of rotatable bonds is 11. The minimum Gasteiger partial charge on any atom is -0.466 e. The lowest BCUT2D eigenvalue weighted by atomic mass is 10.1. The van der Waals surface area contributed by atoms with Crippen molar-refractivity contribution in [1.29, 1.82) is 0 Å². The molecule has 2 rings (SSSR count). The smallest absolute Gasteiger partial charge is 0.305 e. The molecule has 2 aliphatic rings. The molecule has 0 aliphatic carbocycles. The molecule has 0 aromatic heterocycles. The number of ether oxygens (including phenoxy) is 3. The van der Waals surface area contributed by atoms with Crippen LogP contribution in [-0.4, -0.2) is 75.5 Å². The number of likely N-dealkylation sites (tertiary alicyclic amines) is 1. The predicted octanol–water partition coefficient (Wildman–Crippen LogP) is 3.13. The van der Waals surface area contributed by atoms with Crippen LogP contribution >= 0.6 is 0 Å². The first-order valence-electron chi connectivity index (χ1n) is 11.6. The van der Waals surface area contributed by atoms with Crippen LogP contribution in [0.2, 0.25) is 0 Å². The summed E-state index contributed by atoms with van der Waals surface area (Å²) in [4.78, 5) is 18.1. The summed E-state index contributed by atoms with van der Waals surface area (Å²) in [5.41, 5.74) is 0. The number of hydrogen-bond acceptors (Lipinski definition) is 5. The number of piperidine rings is 1. The fourth-order valence-electron chi connectivity index (χ4n) is 3.93. The zero-order valence-electron chi connectivity index (χ0n) is 18.5. The highest BCUT2D eigenvalue weighted by Crippen LogP contribution is 2.18.